The zero-order chi connectivity index (χ0) is 17.7. The van der Waals surface area contributed by atoms with Crippen molar-refractivity contribution in [2.75, 3.05) is 6.61 Å². The molecular formula is C18H21N3O3. The first-order valence-corrected chi connectivity index (χ1v) is 7.41. The first kappa shape index (κ1) is 17.4. The van der Waals surface area contributed by atoms with Gasteiger partial charge in [0.2, 0.25) is 5.88 Å². The predicted molar refractivity (Wildman–Crippen MR) is 94.9 cm³/mol. The Morgan fingerprint density at radius 1 is 1.29 bits per heavy atom. The van der Waals surface area contributed by atoms with Crippen LogP contribution in [0.4, 0.5) is 0 Å². The van der Waals surface area contributed by atoms with Crippen LogP contribution >= 0.6 is 0 Å². The smallest absolute Gasteiger partial charge is 0.336 e. The Morgan fingerprint density at radius 3 is 2.54 bits per heavy atom. The molecule has 0 atom stereocenters. The summed E-state index contributed by atoms with van der Waals surface area (Å²) in [6, 6.07) is 7.03. The molecule has 6 nitrogen and oxygen atoms in total. The average molecular weight is 327 g/mol. The lowest BCUT2D eigenvalue weighted by Crippen LogP contribution is -2.23. The molecule has 0 aliphatic heterocycles. The highest BCUT2D eigenvalue weighted by Gasteiger charge is 2.16. The number of imidazole rings is 1. The van der Waals surface area contributed by atoms with Gasteiger partial charge in [-0.3, -0.25) is 14.9 Å². The zero-order valence-corrected chi connectivity index (χ0v) is 13.7. The molecule has 0 unspecified atom stereocenters. The Morgan fingerprint density at radius 2 is 1.96 bits per heavy atom. The predicted octanol–water partition coefficient (Wildman–Crippen LogP) is 2.52. The second-order valence-electron chi connectivity index (χ2n) is 5.15. The molecular weight excluding hydrogens is 306 g/mol. The van der Waals surface area contributed by atoms with Crippen LogP contribution in [0.2, 0.25) is 0 Å². The van der Waals surface area contributed by atoms with Crippen LogP contribution in [0.15, 0.2) is 60.9 Å². The Balaban J connectivity index is 2.30. The van der Waals surface area contributed by atoms with Gasteiger partial charge in [-0.1, -0.05) is 30.9 Å². The van der Waals surface area contributed by atoms with Crippen molar-refractivity contribution in [3.8, 4) is 11.6 Å². The molecule has 0 saturated carbocycles. The van der Waals surface area contributed by atoms with Crippen LogP contribution in [-0.2, 0) is 11.4 Å². The summed E-state index contributed by atoms with van der Waals surface area (Å²) in [6.45, 7) is 13.4. The normalized spacial score (nSPS) is 10.4. The van der Waals surface area contributed by atoms with Crippen LogP contribution in [0.5, 0.6) is 5.88 Å². The molecule has 0 spiro atoms. The van der Waals surface area contributed by atoms with E-state index in [0.717, 1.165) is 5.56 Å². The fraction of sp³-hybridized carbons (Fsp3) is 0.167. The summed E-state index contributed by atoms with van der Waals surface area (Å²) < 4.78 is 2.72. The van der Waals surface area contributed by atoms with Crippen molar-refractivity contribution < 1.29 is 9.94 Å². The van der Waals surface area contributed by atoms with Gasteiger partial charge in [0.15, 0.2) is 0 Å². The Bertz CT molecular complexity index is 813. The van der Waals surface area contributed by atoms with E-state index < -0.39 is 0 Å². The second kappa shape index (κ2) is 7.52. The van der Waals surface area contributed by atoms with E-state index in [4.69, 9.17) is 4.84 Å². The molecule has 24 heavy (non-hydrogen) atoms. The Labute approximate surface area is 140 Å². The molecule has 0 saturated heterocycles. The van der Waals surface area contributed by atoms with Gasteiger partial charge in [-0.15, -0.1) is 13.2 Å². The summed E-state index contributed by atoms with van der Waals surface area (Å²) in [7, 11) is 0. The van der Waals surface area contributed by atoms with Gasteiger partial charge in [0.05, 0.1) is 23.7 Å². The van der Waals surface area contributed by atoms with E-state index in [1.807, 2.05) is 0 Å². The van der Waals surface area contributed by atoms with Gasteiger partial charge >= 0.3 is 5.69 Å². The minimum Gasteiger partial charge on any atom is -0.493 e. The summed E-state index contributed by atoms with van der Waals surface area (Å²) in [5.74, 6) is -0.0825. The summed E-state index contributed by atoms with van der Waals surface area (Å²) in [4.78, 5) is 17.6. The van der Waals surface area contributed by atoms with Crippen molar-refractivity contribution in [3.63, 3.8) is 0 Å². The third-order valence-corrected chi connectivity index (χ3v) is 3.54. The molecule has 1 aromatic carbocycles. The largest absolute Gasteiger partial charge is 0.493 e. The number of aromatic nitrogens is 2. The van der Waals surface area contributed by atoms with Crippen molar-refractivity contribution in [1.82, 2.24) is 14.6 Å². The van der Waals surface area contributed by atoms with Crippen LogP contribution in [-0.4, -0.2) is 20.8 Å². The second-order valence-corrected chi connectivity index (χ2v) is 5.15. The standard InChI is InChI=1S/C18H21N3O3/c1-5-11-20-14(4)17(22)21(18(20)23)16-9-7-15(8-10-16)13(3)19-24-12-6-2/h5-10,19,22H,1-3,11-12H2,4H3. The number of nitrogens with zero attached hydrogens (tertiary/aromatic N) is 2. The highest BCUT2D eigenvalue weighted by molar-refractivity contribution is 5.62. The SMILES string of the molecule is C=CCONC(=C)c1ccc(-n2c(O)c(C)n(CC=C)c2=O)cc1. The van der Waals surface area contributed by atoms with Crippen molar-refractivity contribution in [2.24, 2.45) is 0 Å². The highest BCUT2D eigenvalue weighted by Crippen LogP contribution is 2.21. The van der Waals surface area contributed by atoms with Gasteiger partial charge in [0, 0.05) is 6.54 Å². The van der Waals surface area contributed by atoms with Gasteiger partial charge in [0.1, 0.15) is 0 Å². The van der Waals surface area contributed by atoms with Crippen molar-refractivity contribution >= 4 is 5.70 Å². The third-order valence-electron chi connectivity index (χ3n) is 3.54. The number of hydroxylamine groups is 1. The lowest BCUT2D eigenvalue weighted by Gasteiger charge is -2.10. The quantitative estimate of drug-likeness (QED) is 0.444. The van der Waals surface area contributed by atoms with E-state index in [1.54, 1.807) is 43.3 Å². The van der Waals surface area contributed by atoms with E-state index in [0.29, 0.717) is 30.2 Å². The monoisotopic (exact) mass is 327 g/mol. The van der Waals surface area contributed by atoms with Crippen LogP contribution in [0, 0.1) is 6.92 Å². The molecule has 0 aliphatic carbocycles. The number of rotatable bonds is 8. The molecule has 0 radical (unpaired) electrons. The van der Waals surface area contributed by atoms with Gasteiger partial charge < -0.3 is 5.11 Å². The fourth-order valence-corrected chi connectivity index (χ4v) is 2.27. The Hall–Kier alpha value is -2.99. The average Bonchev–Trinajstić information content (AvgIpc) is 2.79. The molecule has 6 heteroatoms. The highest BCUT2D eigenvalue weighted by atomic mass is 16.6. The number of allylic oxidation sites excluding steroid dienone is 1. The topological polar surface area (TPSA) is 68.4 Å². The van der Waals surface area contributed by atoms with Gasteiger partial charge in [-0.25, -0.2) is 9.36 Å². The molecule has 0 bridgehead atoms. The molecule has 2 rings (SSSR count). The van der Waals surface area contributed by atoms with Crippen molar-refractivity contribution in [3.05, 3.63) is 77.9 Å². The zero-order valence-electron chi connectivity index (χ0n) is 13.7. The lowest BCUT2D eigenvalue weighted by molar-refractivity contribution is 0.104. The molecule has 1 aromatic heterocycles. The maximum absolute atomic E-state index is 12.5. The maximum atomic E-state index is 12.5. The minimum absolute atomic E-state index is 0.0825. The summed E-state index contributed by atoms with van der Waals surface area (Å²) in [6.07, 6.45) is 3.23. The van der Waals surface area contributed by atoms with Gasteiger partial charge in [-0.2, -0.15) is 0 Å². The first-order chi connectivity index (χ1) is 11.5. The van der Waals surface area contributed by atoms with E-state index in [1.165, 1.54) is 9.13 Å². The number of nitrogens with one attached hydrogen (secondary N) is 1. The van der Waals surface area contributed by atoms with Gasteiger partial charge in [0.25, 0.3) is 0 Å². The Kier molecular flexibility index (Phi) is 5.44. The molecule has 2 N–H and O–H groups in total. The molecule has 126 valence electrons. The number of benzene rings is 1. The van der Waals surface area contributed by atoms with Crippen LogP contribution in [0.3, 0.4) is 0 Å². The fourth-order valence-electron chi connectivity index (χ4n) is 2.27. The summed E-state index contributed by atoms with van der Waals surface area (Å²) in [5, 5.41) is 10.2. The summed E-state index contributed by atoms with van der Waals surface area (Å²) >= 11 is 0. The maximum Gasteiger partial charge on any atom is 0.336 e. The number of aromatic hydroxyl groups is 1. The van der Waals surface area contributed by atoms with Crippen LogP contribution in [0.25, 0.3) is 11.4 Å². The number of hydrogen-bond donors (Lipinski definition) is 2. The molecule has 1 heterocycles. The lowest BCUT2D eigenvalue weighted by atomic mass is 10.1. The minimum atomic E-state index is -0.316. The summed E-state index contributed by atoms with van der Waals surface area (Å²) in [5.41, 5.74) is 4.84. The van der Waals surface area contributed by atoms with Crippen molar-refractivity contribution in [1.29, 1.82) is 0 Å². The van der Waals surface area contributed by atoms with Gasteiger partial charge in [-0.05, 0) is 24.6 Å². The molecule has 2 aromatic rings. The van der Waals surface area contributed by atoms with E-state index >= 15 is 0 Å². The van der Waals surface area contributed by atoms with E-state index in [2.05, 4.69) is 25.2 Å². The van der Waals surface area contributed by atoms with Crippen molar-refractivity contribution in [2.45, 2.75) is 13.5 Å². The third kappa shape index (κ3) is 3.33. The molecule has 0 amide bonds. The number of hydrogen-bond acceptors (Lipinski definition) is 4. The van der Waals surface area contributed by atoms with E-state index in [9.17, 15) is 9.90 Å². The first-order valence-electron chi connectivity index (χ1n) is 7.41. The molecule has 0 aliphatic rings. The van der Waals surface area contributed by atoms with Crippen LogP contribution < -0.4 is 11.2 Å². The molecule has 0 fully saturated rings. The van der Waals surface area contributed by atoms with E-state index in [-0.39, 0.29) is 11.6 Å². The van der Waals surface area contributed by atoms with Crippen LogP contribution in [0.1, 0.15) is 11.3 Å².